The quantitative estimate of drug-likeness (QED) is 0.855. The first-order chi connectivity index (χ1) is 8.72. The number of rotatable bonds is 4. The van der Waals surface area contributed by atoms with Crippen molar-refractivity contribution < 1.29 is 4.79 Å². The summed E-state index contributed by atoms with van der Waals surface area (Å²) < 4.78 is 0. The van der Waals surface area contributed by atoms with Crippen molar-refractivity contribution in [2.75, 3.05) is 6.54 Å². The molecule has 0 radical (unpaired) electrons. The zero-order valence-electron chi connectivity index (χ0n) is 11.0. The number of benzene rings is 1. The summed E-state index contributed by atoms with van der Waals surface area (Å²) >= 11 is 0. The number of hydrogen-bond acceptors (Lipinski definition) is 2. The lowest BCUT2D eigenvalue weighted by molar-refractivity contribution is -0.125. The number of fused-ring (bicyclic) bond motifs is 1. The summed E-state index contributed by atoms with van der Waals surface area (Å²) in [7, 11) is 0. The fraction of sp³-hybridized carbons (Fsp3) is 0.533. The van der Waals surface area contributed by atoms with Gasteiger partial charge in [0, 0.05) is 5.92 Å². The van der Waals surface area contributed by atoms with Gasteiger partial charge in [0.25, 0.3) is 0 Å². The van der Waals surface area contributed by atoms with Crippen LogP contribution >= 0.6 is 0 Å². The minimum Gasteiger partial charge on any atom is -0.349 e. The highest BCUT2D eigenvalue weighted by Crippen LogP contribution is 2.29. The summed E-state index contributed by atoms with van der Waals surface area (Å²) in [6, 6.07) is 8.60. The first-order valence-corrected chi connectivity index (χ1v) is 6.80. The molecule has 2 atom stereocenters. The molecule has 1 amide bonds. The zero-order valence-corrected chi connectivity index (χ0v) is 11.0. The Morgan fingerprint density at radius 1 is 1.50 bits per heavy atom. The number of nitrogens with two attached hydrogens (primary N) is 1. The molecule has 0 aromatic heterocycles. The van der Waals surface area contributed by atoms with Gasteiger partial charge in [0.15, 0.2) is 0 Å². The molecule has 3 nitrogen and oxygen atoms in total. The summed E-state index contributed by atoms with van der Waals surface area (Å²) in [6.45, 7) is 2.51. The van der Waals surface area contributed by atoms with Crippen molar-refractivity contribution in [1.82, 2.24) is 5.32 Å². The van der Waals surface area contributed by atoms with Crippen LogP contribution in [0, 0.1) is 5.92 Å². The van der Waals surface area contributed by atoms with Gasteiger partial charge in [0.1, 0.15) is 0 Å². The average Bonchev–Trinajstić information content (AvgIpc) is 2.39. The number of carbonyl (C=O) groups excluding carboxylic acids is 1. The largest absolute Gasteiger partial charge is 0.349 e. The van der Waals surface area contributed by atoms with Gasteiger partial charge >= 0.3 is 0 Å². The zero-order chi connectivity index (χ0) is 13.0. The van der Waals surface area contributed by atoms with Crippen LogP contribution in [0.1, 0.15) is 43.4 Å². The Morgan fingerprint density at radius 2 is 2.28 bits per heavy atom. The molecule has 18 heavy (non-hydrogen) atoms. The van der Waals surface area contributed by atoms with Crippen LogP contribution in [-0.2, 0) is 11.2 Å². The minimum atomic E-state index is 0.00379. The molecule has 2 rings (SSSR count). The summed E-state index contributed by atoms with van der Waals surface area (Å²) in [6.07, 6.45) is 4.06. The van der Waals surface area contributed by atoms with E-state index in [4.69, 9.17) is 5.73 Å². The third-order valence-corrected chi connectivity index (χ3v) is 3.73. The van der Waals surface area contributed by atoms with Crippen LogP contribution in [0.2, 0.25) is 0 Å². The molecule has 3 N–H and O–H groups in total. The van der Waals surface area contributed by atoms with Crippen molar-refractivity contribution in [3.05, 3.63) is 35.4 Å². The van der Waals surface area contributed by atoms with Gasteiger partial charge in [-0.05, 0) is 43.4 Å². The molecule has 0 aliphatic heterocycles. The van der Waals surface area contributed by atoms with E-state index in [0.29, 0.717) is 6.54 Å². The lowest BCUT2D eigenvalue weighted by Crippen LogP contribution is -2.35. The van der Waals surface area contributed by atoms with Gasteiger partial charge in [-0.2, -0.15) is 0 Å². The second kappa shape index (κ2) is 6.01. The maximum Gasteiger partial charge on any atom is 0.223 e. The summed E-state index contributed by atoms with van der Waals surface area (Å²) in [4.78, 5) is 12.0. The van der Waals surface area contributed by atoms with E-state index in [2.05, 4.69) is 23.5 Å². The lowest BCUT2D eigenvalue weighted by Gasteiger charge is -2.27. The van der Waals surface area contributed by atoms with Gasteiger partial charge in [-0.15, -0.1) is 0 Å². The van der Waals surface area contributed by atoms with Gasteiger partial charge in [-0.25, -0.2) is 0 Å². The monoisotopic (exact) mass is 246 g/mol. The predicted molar refractivity (Wildman–Crippen MR) is 73.1 cm³/mol. The van der Waals surface area contributed by atoms with Gasteiger partial charge in [-0.1, -0.05) is 31.2 Å². The molecule has 0 saturated heterocycles. The fourth-order valence-corrected chi connectivity index (χ4v) is 2.60. The number of amides is 1. The van der Waals surface area contributed by atoms with E-state index >= 15 is 0 Å². The maximum absolute atomic E-state index is 12.0. The Morgan fingerprint density at radius 3 is 3.06 bits per heavy atom. The molecule has 0 fully saturated rings. The molecule has 0 heterocycles. The van der Waals surface area contributed by atoms with E-state index in [1.165, 1.54) is 11.1 Å². The Labute approximate surface area is 109 Å². The van der Waals surface area contributed by atoms with Crippen LogP contribution in [0.5, 0.6) is 0 Å². The number of aryl methyl sites for hydroxylation is 1. The Hall–Kier alpha value is -1.35. The molecule has 0 spiro atoms. The molecule has 1 aromatic carbocycles. The highest BCUT2D eigenvalue weighted by molar-refractivity contribution is 5.78. The van der Waals surface area contributed by atoms with Crippen molar-refractivity contribution in [2.45, 2.75) is 38.6 Å². The first kappa shape index (κ1) is 13.1. The molecule has 2 unspecified atom stereocenters. The van der Waals surface area contributed by atoms with E-state index in [-0.39, 0.29) is 17.9 Å². The van der Waals surface area contributed by atoms with Crippen molar-refractivity contribution >= 4 is 5.91 Å². The highest BCUT2D eigenvalue weighted by Gasteiger charge is 2.23. The normalized spacial score (nSPS) is 20.0. The molecule has 98 valence electrons. The molecule has 0 saturated carbocycles. The Balaban J connectivity index is 2.05. The number of carbonyl (C=O) groups is 1. The number of hydrogen-bond donors (Lipinski definition) is 2. The van der Waals surface area contributed by atoms with Crippen molar-refractivity contribution in [1.29, 1.82) is 0 Å². The standard InChI is InChI=1S/C15H22N2O/c1-11(9-10-16)15(18)17-14-8-4-6-12-5-2-3-7-13(12)14/h2-3,5,7,11,14H,4,6,8-10,16H2,1H3,(H,17,18). The van der Waals surface area contributed by atoms with Crippen LogP contribution in [0.15, 0.2) is 24.3 Å². The lowest BCUT2D eigenvalue weighted by atomic mass is 9.87. The summed E-state index contributed by atoms with van der Waals surface area (Å²) in [5, 5.41) is 3.17. The predicted octanol–water partition coefficient (Wildman–Crippen LogP) is 2.17. The second-order valence-electron chi connectivity index (χ2n) is 5.13. The molecule has 1 aromatic rings. The van der Waals surface area contributed by atoms with E-state index < -0.39 is 0 Å². The van der Waals surface area contributed by atoms with Crippen LogP contribution in [0.3, 0.4) is 0 Å². The van der Waals surface area contributed by atoms with Gasteiger partial charge in [0.05, 0.1) is 6.04 Å². The maximum atomic E-state index is 12.0. The van der Waals surface area contributed by atoms with Crippen LogP contribution in [0.4, 0.5) is 0 Å². The highest BCUT2D eigenvalue weighted by atomic mass is 16.1. The molecule has 1 aliphatic carbocycles. The minimum absolute atomic E-state index is 0.00379. The van der Waals surface area contributed by atoms with Gasteiger partial charge in [-0.3, -0.25) is 4.79 Å². The third-order valence-electron chi connectivity index (χ3n) is 3.73. The van der Waals surface area contributed by atoms with Gasteiger partial charge < -0.3 is 11.1 Å². The third kappa shape index (κ3) is 2.91. The van der Waals surface area contributed by atoms with Crippen molar-refractivity contribution in [2.24, 2.45) is 11.7 Å². The summed E-state index contributed by atoms with van der Waals surface area (Å²) in [5.41, 5.74) is 8.16. The first-order valence-electron chi connectivity index (χ1n) is 6.80. The van der Waals surface area contributed by atoms with E-state index in [9.17, 15) is 4.79 Å². The van der Waals surface area contributed by atoms with Crippen molar-refractivity contribution in [3.8, 4) is 0 Å². The molecule has 0 bridgehead atoms. The van der Waals surface area contributed by atoms with E-state index in [1.54, 1.807) is 0 Å². The van der Waals surface area contributed by atoms with E-state index in [1.807, 2.05) is 13.0 Å². The van der Waals surface area contributed by atoms with E-state index in [0.717, 1.165) is 25.7 Å². The van der Waals surface area contributed by atoms with Crippen LogP contribution in [0.25, 0.3) is 0 Å². The number of nitrogens with one attached hydrogen (secondary N) is 1. The van der Waals surface area contributed by atoms with Crippen LogP contribution in [-0.4, -0.2) is 12.5 Å². The van der Waals surface area contributed by atoms with Gasteiger partial charge in [0.2, 0.25) is 5.91 Å². The molecule has 1 aliphatic rings. The average molecular weight is 246 g/mol. The molecular formula is C15H22N2O. The fourth-order valence-electron chi connectivity index (χ4n) is 2.60. The topological polar surface area (TPSA) is 55.1 Å². The van der Waals surface area contributed by atoms with Crippen molar-refractivity contribution in [3.63, 3.8) is 0 Å². The SMILES string of the molecule is CC(CCN)C(=O)NC1CCCc2ccccc21. The second-order valence-corrected chi connectivity index (χ2v) is 5.13. The molecule has 3 heteroatoms. The Kier molecular flexibility index (Phi) is 4.37. The Bertz CT molecular complexity index is 417. The summed E-state index contributed by atoms with van der Waals surface area (Å²) in [5.74, 6) is 0.131. The smallest absolute Gasteiger partial charge is 0.223 e. The molecular weight excluding hydrogens is 224 g/mol. The van der Waals surface area contributed by atoms with Crippen LogP contribution < -0.4 is 11.1 Å².